The van der Waals surface area contributed by atoms with Crippen molar-refractivity contribution in [3.63, 3.8) is 0 Å². The molecule has 19 heavy (non-hydrogen) atoms. The number of imidazole rings is 1. The Balaban J connectivity index is 2.23. The zero-order valence-electron chi connectivity index (χ0n) is 11.1. The van der Waals surface area contributed by atoms with E-state index < -0.39 is 0 Å². The fourth-order valence-electron chi connectivity index (χ4n) is 2.21. The van der Waals surface area contributed by atoms with Crippen LogP contribution in [0.2, 0.25) is 0 Å². The van der Waals surface area contributed by atoms with Crippen LogP contribution in [0.25, 0.3) is 22.6 Å². The molecule has 96 valence electrons. The van der Waals surface area contributed by atoms with Crippen molar-refractivity contribution in [1.29, 1.82) is 0 Å². The van der Waals surface area contributed by atoms with Gasteiger partial charge in [-0.25, -0.2) is 9.97 Å². The molecule has 0 unspecified atom stereocenters. The normalized spacial score (nSPS) is 11.3. The van der Waals surface area contributed by atoms with Gasteiger partial charge < -0.3 is 4.57 Å². The maximum Gasteiger partial charge on any atom is 0.160 e. The van der Waals surface area contributed by atoms with Crippen LogP contribution in [-0.4, -0.2) is 19.5 Å². The lowest BCUT2D eigenvalue weighted by Gasteiger charge is -2.10. The molecule has 4 heteroatoms. The second kappa shape index (κ2) is 4.80. The first-order valence-electron chi connectivity index (χ1n) is 6.47. The molecule has 0 bridgehead atoms. The average Bonchev–Trinajstić information content (AvgIpc) is 2.78. The Bertz CT molecular complexity index is 686. The van der Waals surface area contributed by atoms with Crippen LogP contribution >= 0.6 is 0 Å². The largest absolute Gasteiger partial charge is 0.308 e. The topological polar surface area (TPSA) is 43.6 Å². The Kier molecular flexibility index (Phi) is 2.99. The third-order valence-corrected chi connectivity index (χ3v) is 2.97. The molecule has 0 N–H and O–H groups in total. The van der Waals surface area contributed by atoms with Crippen LogP contribution in [-0.2, 0) is 6.54 Å². The zero-order valence-corrected chi connectivity index (χ0v) is 11.1. The summed E-state index contributed by atoms with van der Waals surface area (Å²) in [6.07, 6.45) is 5.43. The minimum atomic E-state index is 0.537. The van der Waals surface area contributed by atoms with E-state index in [-0.39, 0.29) is 0 Å². The van der Waals surface area contributed by atoms with E-state index in [2.05, 4.69) is 28.4 Å². The Morgan fingerprint density at radius 3 is 2.74 bits per heavy atom. The van der Waals surface area contributed by atoms with Crippen molar-refractivity contribution in [2.45, 2.75) is 20.4 Å². The van der Waals surface area contributed by atoms with Gasteiger partial charge in [-0.15, -0.1) is 0 Å². The second-order valence-electron chi connectivity index (χ2n) is 5.03. The van der Waals surface area contributed by atoms with Crippen LogP contribution in [0.3, 0.4) is 0 Å². The molecule has 3 aromatic heterocycles. The predicted molar refractivity (Wildman–Crippen MR) is 75.6 cm³/mol. The van der Waals surface area contributed by atoms with Gasteiger partial charge >= 0.3 is 0 Å². The van der Waals surface area contributed by atoms with E-state index in [0.717, 1.165) is 29.1 Å². The van der Waals surface area contributed by atoms with Gasteiger partial charge in [0.15, 0.2) is 5.65 Å². The maximum absolute atomic E-state index is 4.70. The highest BCUT2D eigenvalue weighted by Gasteiger charge is 2.14. The smallest absolute Gasteiger partial charge is 0.160 e. The van der Waals surface area contributed by atoms with Crippen molar-refractivity contribution in [1.82, 2.24) is 19.5 Å². The molecule has 0 spiro atoms. The van der Waals surface area contributed by atoms with E-state index >= 15 is 0 Å². The van der Waals surface area contributed by atoms with Gasteiger partial charge in [0.25, 0.3) is 0 Å². The first kappa shape index (κ1) is 11.8. The standard InChI is InChI=1S/C15H16N4/c1-11(2)10-19-14(12-5-3-7-16-9-12)18-13-6-4-8-17-15(13)19/h3-9,11H,10H2,1-2H3. The zero-order chi connectivity index (χ0) is 13.2. The fourth-order valence-corrected chi connectivity index (χ4v) is 2.21. The van der Waals surface area contributed by atoms with E-state index in [1.807, 2.05) is 36.7 Å². The van der Waals surface area contributed by atoms with Gasteiger partial charge in [-0.3, -0.25) is 4.98 Å². The Morgan fingerprint density at radius 2 is 2.00 bits per heavy atom. The summed E-state index contributed by atoms with van der Waals surface area (Å²) in [6.45, 7) is 5.29. The number of hydrogen-bond donors (Lipinski definition) is 0. The van der Waals surface area contributed by atoms with Crippen molar-refractivity contribution >= 4 is 11.2 Å². The third kappa shape index (κ3) is 2.21. The lowest BCUT2D eigenvalue weighted by molar-refractivity contribution is 0.534. The van der Waals surface area contributed by atoms with Gasteiger partial charge in [-0.2, -0.15) is 0 Å². The molecular weight excluding hydrogens is 236 g/mol. The molecule has 3 aromatic rings. The van der Waals surface area contributed by atoms with E-state index in [9.17, 15) is 0 Å². The summed E-state index contributed by atoms with van der Waals surface area (Å²) in [5.74, 6) is 1.48. The lowest BCUT2D eigenvalue weighted by atomic mass is 10.2. The van der Waals surface area contributed by atoms with Crippen molar-refractivity contribution in [3.05, 3.63) is 42.9 Å². The molecule has 3 heterocycles. The summed E-state index contributed by atoms with van der Waals surface area (Å²) in [5, 5.41) is 0. The maximum atomic E-state index is 4.70. The summed E-state index contributed by atoms with van der Waals surface area (Å²) in [6, 6.07) is 7.88. The molecule has 0 fully saturated rings. The number of nitrogens with zero attached hydrogens (tertiary/aromatic N) is 4. The summed E-state index contributed by atoms with van der Waals surface area (Å²) >= 11 is 0. The van der Waals surface area contributed by atoms with Gasteiger partial charge in [-0.1, -0.05) is 13.8 Å². The fraction of sp³-hybridized carbons (Fsp3) is 0.267. The SMILES string of the molecule is CC(C)Cn1c(-c2cccnc2)nc2cccnc21. The van der Waals surface area contributed by atoms with E-state index in [1.54, 1.807) is 6.20 Å². The number of pyridine rings is 2. The third-order valence-electron chi connectivity index (χ3n) is 2.97. The molecule has 0 amide bonds. The number of rotatable bonds is 3. The highest BCUT2D eigenvalue weighted by molar-refractivity contribution is 5.76. The van der Waals surface area contributed by atoms with Crippen molar-refractivity contribution in [3.8, 4) is 11.4 Å². The van der Waals surface area contributed by atoms with Gasteiger partial charge in [0, 0.05) is 30.7 Å². The van der Waals surface area contributed by atoms with E-state index in [4.69, 9.17) is 4.98 Å². The Labute approximate surface area is 112 Å². The molecule has 3 rings (SSSR count). The van der Waals surface area contributed by atoms with E-state index in [1.165, 1.54) is 0 Å². The van der Waals surface area contributed by atoms with Crippen LogP contribution in [0.15, 0.2) is 42.9 Å². The summed E-state index contributed by atoms with van der Waals surface area (Å²) in [7, 11) is 0. The highest BCUT2D eigenvalue weighted by atomic mass is 15.1. The second-order valence-corrected chi connectivity index (χ2v) is 5.03. The molecule has 0 aromatic carbocycles. The predicted octanol–water partition coefficient (Wildman–Crippen LogP) is 3.15. The van der Waals surface area contributed by atoms with Crippen molar-refractivity contribution < 1.29 is 0 Å². The summed E-state index contributed by atoms with van der Waals surface area (Å²) in [5.41, 5.74) is 2.90. The monoisotopic (exact) mass is 252 g/mol. The van der Waals surface area contributed by atoms with Gasteiger partial charge in [-0.05, 0) is 30.2 Å². The van der Waals surface area contributed by atoms with Crippen molar-refractivity contribution in [2.75, 3.05) is 0 Å². The molecule has 4 nitrogen and oxygen atoms in total. The molecule has 0 aliphatic heterocycles. The quantitative estimate of drug-likeness (QED) is 0.719. The average molecular weight is 252 g/mol. The number of aromatic nitrogens is 4. The minimum absolute atomic E-state index is 0.537. The van der Waals surface area contributed by atoms with Gasteiger partial charge in [0.1, 0.15) is 11.3 Å². The van der Waals surface area contributed by atoms with Crippen LogP contribution in [0.4, 0.5) is 0 Å². The minimum Gasteiger partial charge on any atom is -0.308 e. The molecular formula is C15H16N4. The van der Waals surface area contributed by atoms with E-state index in [0.29, 0.717) is 5.92 Å². The van der Waals surface area contributed by atoms with Crippen LogP contribution < -0.4 is 0 Å². The molecule has 0 aliphatic carbocycles. The molecule has 0 radical (unpaired) electrons. The molecule has 0 aliphatic rings. The molecule has 0 saturated carbocycles. The van der Waals surface area contributed by atoms with Crippen LogP contribution in [0, 0.1) is 5.92 Å². The number of hydrogen-bond acceptors (Lipinski definition) is 3. The summed E-state index contributed by atoms with van der Waals surface area (Å²) < 4.78 is 2.18. The van der Waals surface area contributed by atoms with Crippen molar-refractivity contribution in [2.24, 2.45) is 5.92 Å². The molecule has 0 saturated heterocycles. The lowest BCUT2D eigenvalue weighted by Crippen LogP contribution is -2.07. The van der Waals surface area contributed by atoms with Gasteiger partial charge in [0.05, 0.1) is 0 Å². The Morgan fingerprint density at radius 1 is 1.16 bits per heavy atom. The Hall–Kier alpha value is -2.23. The van der Waals surface area contributed by atoms with Gasteiger partial charge in [0.2, 0.25) is 0 Å². The van der Waals surface area contributed by atoms with Crippen LogP contribution in [0.1, 0.15) is 13.8 Å². The first-order valence-corrected chi connectivity index (χ1v) is 6.47. The summed E-state index contributed by atoms with van der Waals surface area (Å²) in [4.78, 5) is 13.3. The van der Waals surface area contributed by atoms with Crippen LogP contribution in [0.5, 0.6) is 0 Å². The number of fused-ring (bicyclic) bond motifs is 1. The first-order chi connectivity index (χ1) is 9.25. The molecule has 0 atom stereocenters. The highest BCUT2D eigenvalue weighted by Crippen LogP contribution is 2.23.